The van der Waals surface area contributed by atoms with Crippen molar-refractivity contribution < 1.29 is 9.47 Å². The third-order valence-corrected chi connectivity index (χ3v) is 3.71. The van der Waals surface area contributed by atoms with Crippen LogP contribution >= 0.6 is 0 Å². The first-order chi connectivity index (χ1) is 13.8. The Balaban J connectivity index is 0.000000384. The molecule has 1 aliphatic heterocycles. The summed E-state index contributed by atoms with van der Waals surface area (Å²) in [5, 5.41) is 0. The van der Waals surface area contributed by atoms with Crippen LogP contribution in [0.2, 0.25) is 0 Å². The Hall–Kier alpha value is -2.22. The Bertz CT molecular complexity index is 518. The van der Waals surface area contributed by atoms with Gasteiger partial charge in [-0.2, -0.15) is 0 Å². The van der Waals surface area contributed by atoms with Gasteiger partial charge in [0.1, 0.15) is 13.2 Å². The predicted octanol–water partition coefficient (Wildman–Crippen LogP) is 7.66. The number of hydrogen-bond acceptors (Lipinski definition) is 2. The van der Waals surface area contributed by atoms with E-state index in [2.05, 4.69) is 44.7 Å². The molecule has 0 radical (unpaired) electrons. The molecule has 0 amide bonds. The SMILES string of the molecule is C=CC.CC.CCC.c1ccc2c(c1)CCCC2.c1ccc2c(c1)OCCO2. The molecule has 2 heteroatoms. The second-order valence-corrected chi connectivity index (χ2v) is 6.23. The molecule has 0 saturated carbocycles. The quantitative estimate of drug-likeness (QED) is 0.434. The average Bonchev–Trinajstić information content (AvgIpc) is 2.77. The number of allylic oxidation sites excluding steroid dienone is 1. The van der Waals surface area contributed by atoms with E-state index in [1.807, 2.05) is 45.0 Å². The van der Waals surface area contributed by atoms with Gasteiger partial charge in [-0.15, -0.1) is 6.58 Å². The van der Waals surface area contributed by atoms with Crippen molar-refractivity contribution >= 4 is 0 Å². The fourth-order valence-corrected chi connectivity index (χ4v) is 2.67. The van der Waals surface area contributed by atoms with E-state index < -0.39 is 0 Å². The molecule has 0 saturated heterocycles. The third-order valence-electron chi connectivity index (χ3n) is 3.71. The van der Waals surface area contributed by atoms with Gasteiger partial charge < -0.3 is 9.47 Å². The lowest BCUT2D eigenvalue weighted by Gasteiger charge is -2.17. The zero-order valence-corrected chi connectivity index (χ0v) is 18.7. The molecule has 28 heavy (non-hydrogen) atoms. The Labute approximate surface area is 173 Å². The maximum atomic E-state index is 5.30. The van der Waals surface area contributed by atoms with Crippen molar-refractivity contribution in [3.63, 3.8) is 0 Å². The molecule has 0 unspecified atom stereocenters. The highest BCUT2D eigenvalue weighted by atomic mass is 16.6. The van der Waals surface area contributed by atoms with Gasteiger partial charge in [-0.25, -0.2) is 0 Å². The first-order valence-corrected chi connectivity index (χ1v) is 10.7. The molecule has 0 aromatic heterocycles. The summed E-state index contributed by atoms with van der Waals surface area (Å²) in [7, 11) is 0. The van der Waals surface area contributed by atoms with E-state index in [-0.39, 0.29) is 0 Å². The van der Waals surface area contributed by atoms with Crippen LogP contribution in [0, 0.1) is 0 Å². The summed E-state index contributed by atoms with van der Waals surface area (Å²) in [6.45, 7) is 14.8. The smallest absolute Gasteiger partial charge is 0.161 e. The van der Waals surface area contributed by atoms with Crippen molar-refractivity contribution in [2.45, 2.75) is 66.7 Å². The van der Waals surface area contributed by atoms with Gasteiger partial charge in [0.2, 0.25) is 0 Å². The van der Waals surface area contributed by atoms with Crippen LogP contribution in [0.5, 0.6) is 11.5 Å². The lowest BCUT2D eigenvalue weighted by Crippen LogP contribution is -2.14. The van der Waals surface area contributed by atoms with Crippen LogP contribution in [0.4, 0.5) is 0 Å². The predicted molar refractivity (Wildman–Crippen MR) is 124 cm³/mol. The Morgan fingerprint density at radius 1 is 0.786 bits per heavy atom. The van der Waals surface area contributed by atoms with Crippen LogP contribution in [0.15, 0.2) is 61.2 Å². The zero-order valence-electron chi connectivity index (χ0n) is 18.7. The molecule has 0 spiro atoms. The zero-order chi connectivity index (χ0) is 21.0. The van der Waals surface area contributed by atoms with E-state index in [1.165, 1.54) is 32.1 Å². The highest BCUT2D eigenvalue weighted by Crippen LogP contribution is 2.28. The summed E-state index contributed by atoms with van der Waals surface area (Å²) in [4.78, 5) is 0. The minimum Gasteiger partial charge on any atom is -0.486 e. The molecule has 0 bridgehead atoms. The lowest BCUT2D eigenvalue weighted by atomic mass is 9.92. The molecule has 156 valence electrons. The molecule has 4 rings (SSSR count). The highest BCUT2D eigenvalue weighted by Gasteiger charge is 2.08. The largest absolute Gasteiger partial charge is 0.486 e. The molecule has 2 nitrogen and oxygen atoms in total. The Morgan fingerprint density at radius 2 is 1.11 bits per heavy atom. The van der Waals surface area contributed by atoms with Gasteiger partial charge in [-0.1, -0.05) is 76.6 Å². The second-order valence-electron chi connectivity index (χ2n) is 6.23. The number of ether oxygens (including phenoxy) is 2. The first kappa shape index (κ1) is 25.8. The van der Waals surface area contributed by atoms with Crippen molar-refractivity contribution in [1.82, 2.24) is 0 Å². The van der Waals surface area contributed by atoms with E-state index >= 15 is 0 Å². The second kappa shape index (κ2) is 18.2. The van der Waals surface area contributed by atoms with Crippen molar-refractivity contribution in [2.75, 3.05) is 13.2 Å². The van der Waals surface area contributed by atoms with Crippen LogP contribution in [-0.2, 0) is 12.8 Å². The number of rotatable bonds is 0. The third kappa shape index (κ3) is 10.8. The van der Waals surface area contributed by atoms with Gasteiger partial charge in [0, 0.05) is 0 Å². The maximum absolute atomic E-state index is 5.30. The van der Waals surface area contributed by atoms with E-state index in [1.54, 1.807) is 17.2 Å². The summed E-state index contributed by atoms with van der Waals surface area (Å²) >= 11 is 0. The number of fused-ring (bicyclic) bond motifs is 2. The van der Waals surface area contributed by atoms with Gasteiger partial charge in [0.25, 0.3) is 0 Å². The van der Waals surface area contributed by atoms with E-state index in [0.717, 1.165) is 11.5 Å². The van der Waals surface area contributed by atoms with Crippen LogP contribution < -0.4 is 9.47 Å². The van der Waals surface area contributed by atoms with Crippen molar-refractivity contribution in [2.24, 2.45) is 0 Å². The fraction of sp³-hybridized carbons (Fsp3) is 0.462. The minimum absolute atomic E-state index is 0.664. The molecule has 1 heterocycles. The highest BCUT2D eigenvalue weighted by molar-refractivity contribution is 5.40. The minimum atomic E-state index is 0.664. The monoisotopic (exact) mass is 384 g/mol. The number of hydrogen-bond donors (Lipinski definition) is 0. The molecule has 0 atom stereocenters. The summed E-state index contributed by atoms with van der Waals surface area (Å²) in [5.41, 5.74) is 3.16. The van der Waals surface area contributed by atoms with Gasteiger partial charge in [0.05, 0.1) is 0 Å². The number of para-hydroxylation sites is 2. The van der Waals surface area contributed by atoms with Gasteiger partial charge in [0.15, 0.2) is 11.5 Å². The van der Waals surface area contributed by atoms with Crippen molar-refractivity contribution in [3.8, 4) is 11.5 Å². The summed E-state index contributed by atoms with van der Waals surface area (Å²) < 4.78 is 10.6. The Morgan fingerprint density at radius 3 is 1.46 bits per heavy atom. The molecule has 0 fully saturated rings. The molecule has 0 N–H and O–H groups in total. The van der Waals surface area contributed by atoms with Crippen molar-refractivity contribution in [1.29, 1.82) is 0 Å². The summed E-state index contributed by atoms with van der Waals surface area (Å²) in [5.74, 6) is 1.71. The normalized spacial score (nSPS) is 12.5. The van der Waals surface area contributed by atoms with Gasteiger partial charge in [-0.3, -0.25) is 0 Å². The maximum Gasteiger partial charge on any atom is 0.161 e. The number of aryl methyl sites for hydroxylation is 2. The van der Waals surface area contributed by atoms with Gasteiger partial charge in [-0.05, 0) is 55.9 Å². The molecular weight excluding hydrogens is 344 g/mol. The van der Waals surface area contributed by atoms with Crippen LogP contribution in [0.25, 0.3) is 0 Å². The lowest BCUT2D eigenvalue weighted by molar-refractivity contribution is 0.171. The van der Waals surface area contributed by atoms with Crippen LogP contribution in [0.3, 0.4) is 0 Å². The standard InChI is InChI=1S/C10H12.C8H8O2.C3H8.C3H6.C2H6/c1-2-6-10-8-4-3-7-9(10)5-1;1-2-4-8-7(3-1)9-5-6-10-8;2*1-3-2;1-2/h1-2,5-6H,3-4,7-8H2;1-4H,5-6H2;3H2,1-2H3;3H,1H2,2H3;1-2H3. The van der Waals surface area contributed by atoms with Crippen molar-refractivity contribution in [3.05, 3.63) is 72.3 Å². The molecule has 2 aromatic rings. The first-order valence-electron chi connectivity index (χ1n) is 10.7. The number of benzene rings is 2. The molecule has 2 aromatic carbocycles. The van der Waals surface area contributed by atoms with E-state index in [4.69, 9.17) is 9.47 Å². The van der Waals surface area contributed by atoms with Crippen LogP contribution in [-0.4, -0.2) is 13.2 Å². The summed E-state index contributed by atoms with van der Waals surface area (Å²) in [6.07, 6.45) is 8.38. The molecule has 1 aliphatic carbocycles. The van der Waals surface area contributed by atoms with E-state index in [9.17, 15) is 0 Å². The fourth-order valence-electron chi connectivity index (χ4n) is 2.67. The Kier molecular flexibility index (Phi) is 16.7. The van der Waals surface area contributed by atoms with Crippen LogP contribution in [0.1, 0.15) is 65.0 Å². The average molecular weight is 385 g/mol. The topological polar surface area (TPSA) is 18.5 Å². The molecule has 2 aliphatic rings. The summed E-state index contributed by atoms with van der Waals surface area (Å²) in [6, 6.07) is 16.5. The van der Waals surface area contributed by atoms with E-state index in [0.29, 0.717) is 13.2 Å². The molecular formula is C26H40O2. The van der Waals surface area contributed by atoms with Gasteiger partial charge >= 0.3 is 0 Å².